The second kappa shape index (κ2) is 7.06. The van der Waals surface area contributed by atoms with Crippen LogP contribution in [0, 0.1) is 27.7 Å². The number of rotatable bonds is 4. The maximum absolute atomic E-state index is 11.0. The van der Waals surface area contributed by atoms with Gasteiger partial charge < -0.3 is 0 Å². The summed E-state index contributed by atoms with van der Waals surface area (Å²) in [5, 5.41) is 0. The summed E-state index contributed by atoms with van der Waals surface area (Å²) in [6.07, 6.45) is 0.897. The van der Waals surface area contributed by atoms with E-state index in [0.717, 1.165) is 6.29 Å². The standard InChI is InChI=1S/C24H24O/c1-16-5-7-18(3)22(13-16)24(21-11-9-20(15-25)10-12-21)23-14-17(2)6-8-19(23)4/h5-15,24H,1-4H3. The van der Waals surface area contributed by atoms with Crippen LogP contribution in [0.3, 0.4) is 0 Å². The van der Waals surface area contributed by atoms with Crippen LogP contribution < -0.4 is 0 Å². The molecule has 0 bridgehead atoms. The van der Waals surface area contributed by atoms with Crippen molar-refractivity contribution in [2.24, 2.45) is 0 Å². The van der Waals surface area contributed by atoms with Crippen LogP contribution in [0.1, 0.15) is 55.2 Å². The van der Waals surface area contributed by atoms with Crippen molar-refractivity contribution in [1.29, 1.82) is 0 Å². The average Bonchev–Trinajstić information content (AvgIpc) is 2.61. The maximum atomic E-state index is 11.0. The van der Waals surface area contributed by atoms with Crippen LogP contribution in [0.2, 0.25) is 0 Å². The van der Waals surface area contributed by atoms with Crippen LogP contribution in [0.15, 0.2) is 60.7 Å². The van der Waals surface area contributed by atoms with Gasteiger partial charge in [0.1, 0.15) is 6.29 Å². The van der Waals surface area contributed by atoms with Gasteiger partial charge in [0.05, 0.1) is 0 Å². The van der Waals surface area contributed by atoms with Crippen LogP contribution in [0.25, 0.3) is 0 Å². The summed E-state index contributed by atoms with van der Waals surface area (Å²) in [4.78, 5) is 11.0. The van der Waals surface area contributed by atoms with Crippen molar-refractivity contribution in [3.8, 4) is 0 Å². The highest BCUT2D eigenvalue weighted by molar-refractivity contribution is 5.74. The van der Waals surface area contributed by atoms with Gasteiger partial charge in [-0.15, -0.1) is 0 Å². The first-order valence-electron chi connectivity index (χ1n) is 8.69. The second-order valence-electron chi connectivity index (χ2n) is 6.94. The number of hydrogen-bond acceptors (Lipinski definition) is 1. The van der Waals surface area contributed by atoms with Crippen molar-refractivity contribution in [3.05, 3.63) is 105 Å². The Balaban J connectivity index is 2.25. The fourth-order valence-corrected chi connectivity index (χ4v) is 3.44. The minimum Gasteiger partial charge on any atom is -0.298 e. The van der Waals surface area contributed by atoms with Gasteiger partial charge in [0.25, 0.3) is 0 Å². The molecule has 126 valence electrons. The molecule has 0 fully saturated rings. The Morgan fingerprint density at radius 1 is 0.680 bits per heavy atom. The zero-order chi connectivity index (χ0) is 18.0. The highest BCUT2D eigenvalue weighted by atomic mass is 16.1. The van der Waals surface area contributed by atoms with Crippen LogP contribution in [0.4, 0.5) is 0 Å². The maximum Gasteiger partial charge on any atom is 0.150 e. The summed E-state index contributed by atoms with van der Waals surface area (Å²) in [7, 11) is 0. The molecule has 0 aliphatic heterocycles. The molecular weight excluding hydrogens is 304 g/mol. The molecule has 3 aromatic carbocycles. The molecule has 3 rings (SSSR count). The molecule has 0 unspecified atom stereocenters. The Kier molecular flexibility index (Phi) is 4.85. The van der Waals surface area contributed by atoms with E-state index >= 15 is 0 Å². The zero-order valence-corrected chi connectivity index (χ0v) is 15.3. The van der Waals surface area contributed by atoms with E-state index in [-0.39, 0.29) is 5.92 Å². The third-order valence-corrected chi connectivity index (χ3v) is 4.90. The topological polar surface area (TPSA) is 17.1 Å². The lowest BCUT2D eigenvalue weighted by atomic mass is 9.80. The van der Waals surface area contributed by atoms with E-state index in [4.69, 9.17) is 0 Å². The molecule has 0 aromatic heterocycles. The molecule has 0 amide bonds. The summed E-state index contributed by atoms with van der Waals surface area (Å²) < 4.78 is 0. The van der Waals surface area contributed by atoms with E-state index in [2.05, 4.69) is 76.2 Å². The molecule has 0 spiro atoms. The Labute approximate surface area is 150 Å². The fourth-order valence-electron chi connectivity index (χ4n) is 3.44. The SMILES string of the molecule is Cc1ccc(C)c(C(c2ccc(C=O)cc2)c2cc(C)ccc2C)c1. The molecule has 0 saturated heterocycles. The third-order valence-electron chi connectivity index (χ3n) is 4.90. The molecule has 0 heterocycles. The quantitative estimate of drug-likeness (QED) is 0.429. The van der Waals surface area contributed by atoms with Gasteiger partial charge in [-0.05, 0) is 55.5 Å². The van der Waals surface area contributed by atoms with E-state index in [1.54, 1.807) is 0 Å². The van der Waals surface area contributed by atoms with Crippen LogP contribution in [0.5, 0.6) is 0 Å². The molecule has 1 heteroatoms. The lowest BCUT2D eigenvalue weighted by Gasteiger charge is -2.24. The Hall–Kier alpha value is -2.67. The molecular formula is C24H24O. The third kappa shape index (κ3) is 3.56. The number of aldehydes is 1. The van der Waals surface area contributed by atoms with Crippen LogP contribution in [-0.2, 0) is 0 Å². The normalized spacial score (nSPS) is 10.9. The minimum atomic E-state index is 0.167. The van der Waals surface area contributed by atoms with Crippen molar-refractivity contribution in [3.63, 3.8) is 0 Å². The molecule has 1 nitrogen and oxygen atoms in total. The highest BCUT2D eigenvalue weighted by Crippen LogP contribution is 2.36. The van der Waals surface area contributed by atoms with E-state index in [1.165, 1.54) is 38.9 Å². The largest absolute Gasteiger partial charge is 0.298 e. The van der Waals surface area contributed by atoms with Crippen molar-refractivity contribution < 1.29 is 4.79 Å². The first-order chi connectivity index (χ1) is 12.0. The minimum absolute atomic E-state index is 0.167. The summed E-state index contributed by atoms with van der Waals surface area (Å²) in [5.41, 5.74) is 9.69. The number of carbonyl (C=O) groups excluding carboxylic acids is 1. The lowest BCUT2D eigenvalue weighted by molar-refractivity contribution is 0.112. The Bertz CT molecular complexity index is 852. The van der Waals surface area contributed by atoms with Gasteiger partial charge in [-0.3, -0.25) is 4.79 Å². The van der Waals surface area contributed by atoms with E-state index in [9.17, 15) is 4.79 Å². The molecule has 0 atom stereocenters. The Morgan fingerprint density at radius 3 is 1.60 bits per heavy atom. The number of carbonyl (C=O) groups is 1. The zero-order valence-electron chi connectivity index (χ0n) is 15.3. The van der Waals surface area contributed by atoms with Crippen LogP contribution in [-0.4, -0.2) is 6.29 Å². The fraction of sp³-hybridized carbons (Fsp3) is 0.208. The van der Waals surface area contributed by atoms with Gasteiger partial charge in [-0.25, -0.2) is 0 Å². The average molecular weight is 328 g/mol. The lowest BCUT2D eigenvalue weighted by Crippen LogP contribution is -2.08. The molecule has 25 heavy (non-hydrogen) atoms. The summed E-state index contributed by atoms with van der Waals surface area (Å²) in [5.74, 6) is 0.167. The molecule has 3 aromatic rings. The smallest absolute Gasteiger partial charge is 0.150 e. The van der Waals surface area contributed by atoms with Gasteiger partial charge in [-0.1, -0.05) is 71.8 Å². The first-order valence-corrected chi connectivity index (χ1v) is 8.69. The second-order valence-corrected chi connectivity index (χ2v) is 6.94. The van der Waals surface area contributed by atoms with Gasteiger partial charge >= 0.3 is 0 Å². The molecule has 0 aliphatic rings. The van der Waals surface area contributed by atoms with Crippen molar-refractivity contribution in [1.82, 2.24) is 0 Å². The van der Waals surface area contributed by atoms with Gasteiger partial charge in [0.2, 0.25) is 0 Å². The number of benzene rings is 3. The predicted molar refractivity (Wildman–Crippen MR) is 105 cm³/mol. The van der Waals surface area contributed by atoms with Gasteiger partial charge in [0.15, 0.2) is 0 Å². The van der Waals surface area contributed by atoms with Gasteiger partial charge in [0, 0.05) is 11.5 Å². The van der Waals surface area contributed by atoms with Gasteiger partial charge in [-0.2, -0.15) is 0 Å². The molecule has 0 radical (unpaired) electrons. The monoisotopic (exact) mass is 328 g/mol. The Morgan fingerprint density at radius 2 is 1.16 bits per heavy atom. The molecule has 0 saturated carbocycles. The predicted octanol–water partition coefficient (Wildman–Crippen LogP) is 5.91. The summed E-state index contributed by atoms with van der Waals surface area (Å²) in [6, 6.07) is 21.3. The van der Waals surface area contributed by atoms with Crippen molar-refractivity contribution in [2.75, 3.05) is 0 Å². The molecule has 0 N–H and O–H groups in total. The van der Waals surface area contributed by atoms with Crippen molar-refractivity contribution >= 4 is 6.29 Å². The number of aryl methyl sites for hydroxylation is 4. The highest BCUT2D eigenvalue weighted by Gasteiger charge is 2.20. The van der Waals surface area contributed by atoms with E-state index in [1.807, 2.05) is 12.1 Å². The summed E-state index contributed by atoms with van der Waals surface area (Å²) in [6.45, 7) is 8.62. The van der Waals surface area contributed by atoms with Crippen LogP contribution >= 0.6 is 0 Å². The van der Waals surface area contributed by atoms with Crippen molar-refractivity contribution in [2.45, 2.75) is 33.6 Å². The number of hydrogen-bond donors (Lipinski definition) is 0. The van der Waals surface area contributed by atoms with E-state index in [0.29, 0.717) is 5.56 Å². The molecule has 0 aliphatic carbocycles. The van der Waals surface area contributed by atoms with E-state index < -0.39 is 0 Å². The summed E-state index contributed by atoms with van der Waals surface area (Å²) >= 11 is 0. The first kappa shape index (κ1) is 17.2.